The number of aliphatic hydroxyl groups excluding tert-OH is 1. The lowest BCUT2D eigenvalue weighted by molar-refractivity contribution is -0.125. The van der Waals surface area contributed by atoms with Crippen molar-refractivity contribution >= 4 is 16.9 Å². The summed E-state index contributed by atoms with van der Waals surface area (Å²) in [6, 6.07) is 26.1. The van der Waals surface area contributed by atoms with Crippen molar-refractivity contribution in [2.24, 2.45) is 5.92 Å². The van der Waals surface area contributed by atoms with E-state index in [-0.39, 0.29) is 18.4 Å². The third kappa shape index (κ3) is 5.78. The van der Waals surface area contributed by atoms with Crippen LogP contribution in [0.15, 0.2) is 78.9 Å². The van der Waals surface area contributed by atoms with Crippen molar-refractivity contribution < 1.29 is 9.90 Å². The van der Waals surface area contributed by atoms with Crippen LogP contribution in [-0.2, 0) is 11.3 Å². The Morgan fingerprint density at radius 2 is 1.59 bits per heavy atom. The maximum Gasteiger partial charge on any atom is 0.228 e. The van der Waals surface area contributed by atoms with Gasteiger partial charge in [-0.05, 0) is 54.5 Å². The molecule has 1 heterocycles. The first-order chi connectivity index (χ1) is 18.1. The van der Waals surface area contributed by atoms with Crippen LogP contribution in [0.1, 0.15) is 73.0 Å². The van der Waals surface area contributed by atoms with E-state index < -0.39 is 6.04 Å². The normalized spacial score (nSPS) is 16.3. The van der Waals surface area contributed by atoms with Crippen LogP contribution in [0, 0.1) is 12.8 Å². The molecule has 0 spiro atoms. The van der Waals surface area contributed by atoms with Crippen molar-refractivity contribution in [2.75, 3.05) is 6.61 Å². The van der Waals surface area contributed by atoms with Gasteiger partial charge < -0.3 is 15.0 Å². The van der Waals surface area contributed by atoms with Crippen LogP contribution in [0.5, 0.6) is 0 Å². The predicted molar refractivity (Wildman–Crippen MR) is 148 cm³/mol. The summed E-state index contributed by atoms with van der Waals surface area (Å²) in [5.41, 5.74) is 5.32. The molecule has 1 fully saturated rings. The minimum Gasteiger partial charge on any atom is -0.394 e. The molecule has 1 aromatic heterocycles. The van der Waals surface area contributed by atoms with Crippen molar-refractivity contribution in [1.29, 1.82) is 0 Å². The van der Waals surface area contributed by atoms with Gasteiger partial charge in [0, 0.05) is 6.54 Å². The number of carbonyl (C=O) groups excluding carboxylic acids is 1. The molecule has 5 nitrogen and oxygen atoms in total. The Balaban J connectivity index is 1.40. The molecule has 0 saturated heterocycles. The maximum atomic E-state index is 13.8. The van der Waals surface area contributed by atoms with Gasteiger partial charge in [0.15, 0.2) is 0 Å². The van der Waals surface area contributed by atoms with Crippen LogP contribution in [0.3, 0.4) is 0 Å². The lowest BCUT2D eigenvalue weighted by atomic mass is 9.80. The van der Waals surface area contributed by atoms with Gasteiger partial charge in [-0.3, -0.25) is 4.79 Å². The Labute approximate surface area is 219 Å². The first-order valence-corrected chi connectivity index (χ1v) is 13.6. The average molecular weight is 496 g/mol. The molecular formula is C32H37N3O2. The molecule has 2 atom stereocenters. The molecule has 1 saturated carbocycles. The minimum atomic E-state index is -0.404. The summed E-state index contributed by atoms with van der Waals surface area (Å²) in [4.78, 5) is 18.5. The zero-order valence-corrected chi connectivity index (χ0v) is 21.6. The van der Waals surface area contributed by atoms with Crippen LogP contribution in [-0.4, -0.2) is 27.2 Å². The number of aliphatic hydroxyl groups is 1. The van der Waals surface area contributed by atoms with Gasteiger partial charge in [-0.15, -0.1) is 0 Å². The summed E-state index contributed by atoms with van der Waals surface area (Å²) >= 11 is 0. The molecule has 1 unspecified atom stereocenters. The Kier molecular flexibility index (Phi) is 8.00. The van der Waals surface area contributed by atoms with Gasteiger partial charge in [0.25, 0.3) is 0 Å². The SMILES string of the molecule is Cc1nc2ccccc2n1Cc1ccc(C(C(=O)N[C@@H](CO)c2ccccc2)C2CCCCCC2)cc1. The highest BCUT2D eigenvalue weighted by atomic mass is 16.3. The lowest BCUT2D eigenvalue weighted by Crippen LogP contribution is -2.37. The van der Waals surface area contributed by atoms with E-state index in [2.05, 4.69) is 40.2 Å². The Hall–Kier alpha value is -3.44. The van der Waals surface area contributed by atoms with Crippen LogP contribution in [0.25, 0.3) is 11.0 Å². The highest BCUT2D eigenvalue weighted by Crippen LogP contribution is 2.36. The quantitative estimate of drug-likeness (QED) is 0.282. The second kappa shape index (κ2) is 11.7. The third-order valence-corrected chi connectivity index (χ3v) is 7.88. The van der Waals surface area contributed by atoms with Gasteiger partial charge in [-0.1, -0.05) is 92.4 Å². The van der Waals surface area contributed by atoms with E-state index in [4.69, 9.17) is 4.98 Å². The molecular weight excluding hydrogens is 458 g/mol. The van der Waals surface area contributed by atoms with E-state index in [0.717, 1.165) is 47.4 Å². The van der Waals surface area contributed by atoms with Crippen molar-refractivity contribution in [3.8, 4) is 0 Å². The number of imidazole rings is 1. The first-order valence-electron chi connectivity index (χ1n) is 13.6. The van der Waals surface area contributed by atoms with Gasteiger partial charge in [-0.25, -0.2) is 4.98 Å². The molecule has 5 rings (SSSR count). The van der Waals surface area contributed by atoms with Crippen LogP contribution in [0.2, 0.25) is 0 Å². The van der Waals surface area contributed by atoms with Gasteiger partial charge >= 0.3 is 0 Å². The van der Waals surface area contributed by atoms with Gasteiger partial charge in [0.1, 0.15) is 5.82 Å². The van der Waals surface area contributed by atoms with E-state index in [9.17, 15) is 9.90 Å². The summed E-state index contributed by atoms with van der Waals surface area (Å²) in [6.07, 6.45) is 6.95. The first kappa shape index (κ1) is 25.2. The molecule has 1 aliphatic rings. The fourth-order valence-corrected chi connectivity index (χ4v) is 5.87. The fraction of sp³-hybridized carbons (Fsp3) is 0.375. The van der Waals surface area contributed by atoms with Crippen molar-refractivity contribution in [1.82, 2.24) is 14.9 Å². The zero-order valence-electron chi connectivity index (χ0n) is 21.6. The van der Waals surface area contributed by atoms with Crippen molar-refractivity contribution in [3.05, 3.63) is 101 Å². The molecule has 0 aliphatic heterocycles. The van der Waals surface area contributed by atoms with Crippen LogP contribution < -0.4 is 5.32 Å². The number of benzene rings is 3. The summed E-state index contributed by atoms with van der Waals surface area (Å²) in [7, 11) is 0. The topological polar surface area (TPSA) is 67.2 Å². The summed E-state index contributed by atoms with van der Waals surface area (Å²) in [6.45, 7) is 2.67. The van der Waals surface area contributed by atoms with Crippen molar-refractivity contribution in [2.45, 2.75) is 64.0 Å². The average Bonchev–Trinajstić information content (AvgIpc) is 3.07. The second-order valence-corrected chi connectivity index (χ2v) is 10.4. The molecule has 37 heavy (non-hydrogen) atoms. The standard InChI is InChI=1S/C32H37N3O2/c1-23-33-28-15-9-10-16-30(28)35(23)21-24-17-19-27(20-18-24)31(26-13-5-2-3-6-14-26)32(37)34-29(22-36)25-11-7-4-8-12-25/h4,7-12,15-20,26,29,31,36H,2-3,5-6,13-14,21-22H2,1H3,(H,34,37)/t29-,31?/m0/s1. The lowest BCUT2D eigenvalue weighted by Gasteiger charge is -2.28. The van der Waals surface area contributed by atoms with E-state index in [1.807, 2.05) is 55.5 Å². The fourth-order valence-electron chi connectivity index (χ4n) is 5.87. The molecule has 5 heteroatoms. The third-order valence-electron chi connectivity index (χ3n) is 7.88. The summed E-state index contributed by atoms with van der Waals surface area (Å²) in [5, 5.41) is 13.2. The molecule has 192 valence electrons. The molecule has 1 aliphatic carbocycles. The summed E-state index contributed by atoms with van der Waals surface area (Å²) in [5.74, 6) is 1.10. The Bertz CT molecular complexity index is 1310. The highest BCUT2D eigenvalue weighted by Gasteiger charge is 2.31. The minimum absolute atomic E-state index is 0.0130. The molecule has 1 amide bonds. The number of rotatable bonds is 8. The van der Waals surface area contributed by atoms with Crippen LogP contribution in [0.4, 0.5) is 0 Å². The maximum absolute atomic E-state index is 13.8. The van der Waals surface area contributed by atoms with Crippen molar-refractivity contribution in [3.63, 3.8) is 0 Å². The number of nitrogens with one attached hydrogen (secondary N) is 1. The zero-order chi connectivity index (χ0) is 25.6. The molecule has 2 N–H and O–H groups in total. The number of para-hydroxylation sites is 2. The molecule has 3 aromatic carbocycles. The number of aryl methyl sites for hydroxylation is 1. The Morgan fingerprint density at radius 3 is 2.30 bits per heavy atom. The number of aromatic nitrogens is 2. The van der Waals surface area contributed by atoms with Gasteiger partial charge in [0.2, 0.25) is 5.91 Å². The highest BCUT2D eigenvalue weighted by molar-refractivity contribution is 5.84. The Morgan fingerprint density at radius 1 is 0.919 bits per heavy atom. The number of hydrogen-bond acceptors (Lipinski definition) is 3. The molecule has 4 aromatic rings. The van der Waals surface area contributed by atoms with E-state index in [1.54, 1.807) is 0 Å². The van der Waals surface area contributed by atoms with Gasteiger partial charge in [0.05, 0.1) is 29.6 Å². The number of carbonyl (C=O) groups is 1. The monoisotopic (exact) mass is 495 g/mol. The number of nitrogens with zero attached hydrogens (tertiary/aromatic N) is 2. The predicted octanol–water partition coefficient (Wildman–Crippen LogP) is 6.30. The second-order valence-electron chi connectivity index (χ2n) is 10.4. The number of hydrogen-bond donors (Lipinski definition) is 2. The van der Waals surface area contributed by atoms with E-state index >= 15 is 0 Å². The molecule has 0 radical (unpaired) electrons. The van der Waals surface area contributed by atoms with Gasteiger partial charge in [-0.2, -0.15) is 0 Å². The molecule has 0 bridgehead atoms. The smallest absolute Gasteiger partial charge is 0.228 e. The van der Waals surface area contributed by atoms with Crippen LogP contribution >= 0.6 is 0 Å². The largest absolute Gasteiger partial charge is 0.394 e. The number of fused-ring (bicyclic) bond motifs is 1. The number of amides is 1. The summed E-state index contributed by atoms with van der Waals surface area (Å²) < 4.78 is 2.24. The van der Waals surface area contributed by atoms with E-state index in [1.165, 1.54) is 31.2 Å². The van der Waals surface area contributed by atoms with E-state index in [0.29, 0.717) is 5.92 Å².